The molecule has 1 atom stereocenters. The molecule has 0 aliphatic heterocycles. The lowest BCUT2D eigenvalue weighted by Gasteiger charge is -2.17. The van der Waals surface area contributed by atoms with Gasteiger partial charge in [-0.3, -0.25) is 0 Å². The van der Waals surface area contributed by atoms with Gasteiger partial charge in [0.2, 0.25) is 0 Å². The van der Waals surface area contributed by atoms with Crippen LogP contribution in [-0.4, -0.2) is 20.0 Å². The molecule has 1 unspecified atom stereocenters. The fraction of sp³-hybridized carbons (Fsp3) is 0.455. The highest BCUT2D eigenvalue weighted by Crippen LogP contribution is 2.30. The number of hydrogen-bond donors (Lipinski definition) is 1. The van der Waals surface area contributed by atoms with Crippen molar-refractivity contribution in [2.45, 2.75) is 13.0 Å². The molecule has 0 amide bonds. The second-order valence-corrected chi connectivity index (χ2v) is 4.05. The minimum Gasteiger partial charge on any atom is -0.495 e. The lowest BCUT2D eigenvalue weighted by Crippen LogP contribution is -2.18. The molecule has 0 saturated heterocycles. The summed E-state index contributed by atoms with van der Waals surface area (Å²) in [6.07, 6.45) is 0. The van der Waals surface area contributed by atoms with Crippen molar-refractivity contribution in [2.75, 3.05) is 20.0 Å². The Morgan fingerprint density at radius 3 is 2.60 bits per heavy atom. The molecule has 0 aliphatic rings. The molecule has 0 aliphatic carbocycles. The third-order valence-corrected chi connectivity index (χ3v) is 3.02. The maximum atomic E-state index is 6.06. The first-order valence-corrected chi connectivity index (χ1v) is 5.62. The van der Waals surface area contributed by atoms with Crippen LogP contribution in [0.15, 0.2) is 12.1 Å². The molecular formula is C11H15Cl2NO. The van der Waals surface area contributed by atoms with E-state index >= 15 is 0 Å². The average Bonchev–Trinajstić information content (AvgIpc) is 2.24. The monoisotopic (exact) mass is 247 g/mol. The van der Waals surface area contributed by atoms with Gasteiger partial charge in [-0.25, -0.2) is 0 Å². The molecule has 4 heteroatoms. The lowest BCUT2D eigenvalue weighted by molar-refractivity contribution is 0.414. The van der Waals surface area contributed by atoms with Crippen LogP contribution in [0.5, 0.6) is 5.75 Å². The molecule has 0 saturated carbocycles. The van der Waals surface area contributed by atoms with Crippen molar-refractivity contribution >= 4 is 23.2 Å². The normalized spacial score (nSPS) is 12.6. The minimum absolute atomic E-state index is 0.120. The Hall–Kier alpha value is -0.440. The first kappa shape index (κ1) is 12.6. The van der Waals surface area contributed by atoms with E-state index in [0.717, 1.165) is 11.1 Å². The summed E-state index contributed by atoms with van der Waals surface area (Å²) in [6, 6.07) is 3.95. The molecule has 1 aromatic carbocycles. The Morgan fingerprint density at radius 1 is 1.47 bits per heavy atom. The van der Waals surface area contributed by atoms with E-state index in [4.69, 9.17) is 27.9 Å². The molecule has 84 valence electrons. The third kappa shape index (κ3) is 2.77. The van der Waals surface area contributed by atoms with Gasteiger partial charge in [0, 0.05) is 11.9 Å². The van der Waals surface area contributed by atoms with Crippen LogP contribution in [0.3, 0.4) is 0 Å². The predicted molar refractivity (Wildman–Crippen MR) is 65.3 cm³/mol. The predicted octanol–water partition coefficient (Wildman–Crippen LogP) is 3.16. The van der Waals surface area contributed by atoms with Gasteiger partial charge >= 0.3 is 0 Å². The van der Waals surface area contributed by atoms with Crippen LogP contribution in [0.1, 0.15) is 17.2 Å². The van der Waals surface area contributed by atoms with Gasteiger partial charge in [0.15, 0.2) is 0 Å². The number of nitrogens with one attached hydrogen (secondary N) is 1. The van der Waals surface area contributed by atoms with Crippen LogP contribution in [0.25, 0.3) is 0 Å². The second kappa shape index (κ2) is 5.59. The van der Waals surface area contributed by atoms with Crippen LogP contribution in [0.4, 0.5) is 0 Å². The number of benzene rings is 1. The van der Waals surface area contributed by atoms with Gasteiger partial charge in [-0.2, -0.15) is 0 Å². The second-order valence-electron chi connectivity index (χ2n) is 3.34. The molecule has 0 spiro atoms. The fourth-order valence-corrected chi connectivity index (χ4v) is 2.09. The summed E-state index contributed by atoms with van der Waals surface area (Å²) in [4.78, 5) is 0. The van der Waals surface area contributed by atoms with Crippen molar-refractivity contribution in [2.24, 2.45) is 0 Å². The van der Waals surface area contributed by atoms with Crippen LogP contribution in [0.2, 0.25) is 5.02 Å². The van der Waals surface area contributed by atoms with Crippen molar-refractivity contribution in [1.29, 1.82) is 0 Å². The van der Waals surface area contributed by atoms with E-state index in [1.54, 1.807) is 7.11 Å². The van der Waals surface area contributed by atoms with Crippen molar-refractivity contribution in [1.82, 2.24) is 5.32 Å². The third-order valence-electron chi connectivity index (χ3n) is 2.42. The number of ether oxygens (including phenoxy) is 1. The van der Waals surface area contributed by atoms with Gasteiger partial charge in [-0.15, -0.1) is 11.6 Å². The SMILES string of the molecule is CNC(CCl)c1cc(Cl)c(OC)cc1C. The number of alkyl halides is 1. The van der Waals surface area contributed by atoms with E-state index in [1.165, 1.54) is 0 Å². The quantitative estimate of drug-likeness (QED) is 0.826. The van der Waals surface area contributed by atoms with E-state index in [0.29, 0.717) is 16.7 Å². The summed E-state index contributed by atoms with van der Waals surface area (Å²) < 4.78 is 5.14. The molecule has 0 radical (unpaired) electrons. The van der Waals surface area contributed by atoms with Crippen molar-refractivity contribution in [3.63, 3.8) is 0 Å². The molecule has 0 fully saturated rings. The Bertz CT molecular complexity index is 338. The van der Waals surface area contributed by atoms with E-state index in [9.17, 15) is 0 Å². The summed E-state index contributed by atoms with van der Waals surface area (Å²) in [6.45, 7) is 2.02. The van der Waals surface area contributed by atoms with Crippen LogP contribution in [-0.2, 0) is 0 Å². The maximum absolute atomic E-state index is 6.06. The minimum atomic E-state index is 0.120. The van der Waals surface area contributed by atoms with E-state index in [1.807, 2.05) is 26.1 Å². The Labute approximate surface area is 101 Å². The topological polar surface area (TPSA) is 21.3 Å². The molecular weight excluding hydrogens is 233 g/mol. The molecule has 0 aromatic heterocycles. The summed E-state index contributed by atoms with van der Waals surface area (Å²) in [7, 11) is 3.49. The van der Waals surface area contributed by atoms with Gasteiger partial charge in [0.1, 0.15) is 5.75 Å². The molecule has 0 bridgehead atoms. The Balaban J connectivity index is 3.14. The van der Waals surface area contributed by atoms with E-state index < -0.39 is 0 Å². The van der Waals surface area contributed by atoms with Crippen molar-refractivity contribution in [3.8, 4) is 5.75 Å². The van der Waals surface area contributed by atoms with Gasteiger partial charge in [0.25, 0.3) is 0 Å². The Morgan fingerprint density at radius 2 is 2.13 bits per heavy atom. The smallest absolute Gasteiger partial charge is 0.137 e. The number of methoxy groups -OCH3 is 1. The van der Waals surface area contributed by atoms with Crippen LogP contribution in [0, 0.1) is 6.92 Å². The maximum Gasteiger partial charge on any atom is 0.137 e. The zero-order valence-electron chi connectivity index (χ0n) is 9.10. The van der Waals surface area contributed by atoms with Crippen molar-refractivity contribution < 1.29 is 4.74 Å². The first-order valence-electron chi connectivity index (χ1n) is 4.71. The van der Waals surface area contributed by atoms with Gasteiger partial charge < -0.3 is 10.1 Å². The van der Waals surface area contributed by atoms with Gasteiger partial charge in [-0.05, 0) is 37.2 Å². The van der Waals surface area contributed by atoms with Crippen molar-refractivity contribution in [3.05, 3.63) is 28.3 Å². The van der Waals surface area contributed by atoms with E-state index in [-0.39, 0.29) is 6.04 Å². The molecule has 1 rings (SSSR count). The zero-order chi connectivity index (χ0) is 11.4. The molecule has 1 N–H and O–H groups in total. The number of rotatable bonds is 4. The standard InChI is InChI=1S/C11H15Cl2NO/c1-7-4-11(15-3)9(13)5-8(7)10(6-12)14-2/h4-5,10,14H,6H2,1-3H3. The molecule has 0 heterocycles. The summed E-state index contributed by atoms with van der Waals surface area (Å²) >= 11 is 11.9. The fourth-order valence-electron chi connectivity index (χ4n) is 1.52. The highest BCUT2D eigenvalue weighted by atomic mass is 35.5. The largest absolute Gasteiger partial charge is 0.495 e. The number of aryl methyl sites for hydroxylation is 1. The van der Waals surface area contributed by atoms with E-state index in [2.05, 4.69) is 5.32 Å². The average molecular weight is 248 g/mol. The summed E-state index contributed by atoms with van der Waals surface area (Å²) in [5.74, 6) is 1.21. The summed E-state index contributed by atoms with van der Waals surface area (Å²) in [5, 5.41) is 3.76. The lowest BCUT2D eigenvalue weighted by atomic mass is 10.0. The van der Waals surface area contributed by atoms with Gasteiger partial charge in [-0.1, -0.05) is 11.6 Å². The molecule has 15 heavy (non-hydrogen) atoms. The van der Waals surface area contributed by atoms with Crippen LogP contribution >= 0.6 is 23.2 Å². The highest BCUT2D eigenvalue weighted by Gasteiger charge is 2.13. The number of hydrogen-bond acceptors (Lipinski definition) is 2. The zero-order valence-corrected chi connectivity index (χ0v) is 10.6. The molecule has 1 aromatic rings. The summed E-state index contributed by atoms with van der Waals surface area (Å²) in [5.41, 5.74) is 2.23. The van der Waals surface area contributed by atoms with Gasteiger partial charge in [0.05, 0.1) is 12.1 Å². The molecule has 2 nitrogen and oxygen atoms in total. The number of halogens is 2. The van der Waals surface area contributed by atoms with Crippen LogP contribution < -0.4 is 10.1 Å². The Kier molecular flexibility index (Phi) is 4.71. The highest BCUT2D eigenvalue weighted by molar-refractivity contribution is 6.32. The first-order chi connectivity index (χ1) is 7.13.